The molecule has 4 rings (SSSR count). The lowest BCUT2D eigenvalue weighted by Gasteiger charge is -2.30. The molecule has 1 amide bonds. The summed E-state index contributed by atoms with van der Waals surface area (Å²) in [4.78, 5) is 19.3. The molecule has 1 aliphatic heterocycles. The topological polar surface area (TPSA) is 71.3 Å². The summed E-state index contributed by atoms with van der Waals surface area (Å²) >= 11 is 5.90. The van der Waals surface area contributed by atoms with Crippen molar-refractivity contribution in [1.82, 2.24) is 20.4 Å². The van der Waals surface area contributed by atoms with Gasteiger partial charge in [0.1, 0.15) is 0 Å². The first-order valence-electron chi connectivity index (χ1n) is 10.2. The number of carbonyl (C=O) groups excluding carboxylic acids is 1. The Kier molecular flexibility index (Phi) is 6.45. The van der Waals surface area contributed by atoms with Crippen molar-refractivity contribution in [3.63, 3.8) is 0 Å². The third-order valence-electron chi connectivity index (χ3n) is 5.48. The van der Waals surface area contributed by atoms with Crippen LogP contribution in [0.5, 0.6) is 0 Å². The molecule has 1 N–H and O–H groups in total. The first-order chi connectivity index (χ1) is 14.6. The molecule has 1 fully saturated rings. The van der Waals surface area contributed by atoms with Crippen LogP contribution in [0.1, 0.15) is 29.9 Å². The van der Waals surface area contributed by atoms with Gasteiger partial charge in [-0.05, 0) is 50.6 Å². The highest BCUT2D eigenvalue weighted by Gasteiger charge is 2.25. The standard InChI is InChI=1S/C23H25ClN4O2/c1-16-2-6-18(7-3-16)22-26-21(30-27-22)15-28-12-10-19(11-13-28)23(29)25-14-17-4-8-20(24)9-5-17/h2-9,19H,10-15H2,1H3,(H,25,29). The number of benzene rings is 2. The molecule has 2 aromatic carbocycles. The van der Waals surface area contributed by atoms with Gasteiger partial charge in [0.15, 0.2) is 0 Å². The van der Waals surface area contributed by atoms with E-state index in [1.54, 1.807) is 0 Å². The van der Waals surface area contributed by atoms with Crippen LogP contribution in [-0.2, 0) is 17.9 Å². The number of aryl methyl sites for hydroxylation is 1. The fourth-order valence-electron chi connectivity index (χ4n) is 3.62. The Bertz CT molecular complexity index is 977. The number of halogens is 1. The molecule has 3 aromatic rings. The quantitative estimate of drug-likeness (QED) is 0.641. The average molecular weight is 425 g/mol. The molecule has 156 valence electrons. The highest BCUT2D eigenvalue weighted by Crippen LogP contribution is 2.21. The molecule has 0 saturated carbocycles. The molecule has 1 aromatic heterocycles. The number of hydrogen-bond donors (Lipinski definition) is 1. The minimum absolute atomic E-state index is 0.0411. The Morgan fingerprint density at radius 3 is 2.53 bits per heavy atom. The molecule has 1 saturated heterocycles. The molecule has 30 heavy (non-hydrogen) atoms. The molecular weight excluding hydrogens is 400 g/mol. The van der Waals surface area contributed by atoms with E-state index in [2.05, 4.69) is 20.4 Å². The Balaban J connectivity index is 1.24. The van der Waals surface area contributed by atoms with Gasteiger partial charge in [0.05, 0.1) is 6.54 Å². The second kappa shape index (κ2) is 9.41. The summed E-state index contributed by atoms with van der Waals surface area (Å²) in [6.45, 7) is 4.85. The van der Waals surface area contributed by atoms with Gasteiger partial charge in [-0.2, -0.15) is 4.98 Å². The van der Waals surface area contributed by atoms with Crippen LogP contribution in [0.15, 0.2) is 53.1 Å². The molecule has 0 radical (unpaired) electrons. The van der Waals surface area contributed by atoms with E-state index in [0.29, 0.717) is 29.8 Å². The molecular formula is C23H25ClN4O2. The Morgan fingerprint density at radius 2 is 1.83 bits per heavy atom. The second-order valence-corrected chi connectivity index (χ2v) is 8.21. The number of rotatable bonds is 6. The maximum atomic E-state index is 12.5. The number of nitrogens with one attached hydrogen (secondary N) is 1. The van der Waals surface area contributed by atoms with E-state index in [1.807, 2.05) is 55.5 Å². The van der Waals surface area contributed by atoms with Crippen molar-refractivity contribution in [1.29, 1.82) is 0 Å². The molecule has 0 unspecified atom stereocenters. The minimum atomic E-state index is 0.0411. The summed E-state index contributed by atoms with van der Waals surface area (Å²) in [6.07, 6.45) is 1.65. The zero-order valence-electron chi connectivity index (χ0n) is 17.0. The summed E-state index contributed by atoms with van der Waals surface area (Å²) < 4.78 is 5.43. The van der Waals surface area contributed by atoms with Crippen LogP contribution in [0.4, 0.5) is 0 Å². The number of aromatic nitrogens is 2. The molecule has 0 bridgehead atoms. The normalized spacial score (nSPS) is 15.3. The van der Waals surface area contributed by atoms with Crippen LogP contribution in [0.2, 0.25) is 5.02 Å². The lowest BCUT2D eigenvalue weighted by atomic mass is 9.96. The molecule has 1 aliphatic rings. The van der Waals surface area contributed by atoms with Gasteiger partial charge < -0.3 is 9.84 Å². The van der Waals surface area contributed by atoms with Gasteiger partial charge in [-0.15, -0.1) is 0 Å². The van der Waals surface area contributed by atoms with Gasteiger partial charge in [0.2, 0.25) is 17.6 Å². The summed E-state index contributed by atoms with van der Waals surface area (Å²) in [6, 6.07) is 15.6. The van der Waals surface area contributed by atoms with Gasteiger partial charge in [-0.1, -0.05) is 58.7 Å². The van der Waals surface area contributed by atoms with Crippen LogP contribution < -0.4 is 5.32 Å². The highest BCUT2D eigenvalue weighted by molar-refractivity contribution is 6.30. The van der Waals surface area contributed by atoms with Crippen molar-refractivity contribution in [2.24, 2.45) is 5.92 Å². The van der Waals surface area contributed by atoms with E-state index in [9.17, 15) is 4.79 Å². The van der Waals surface area contributed by atoms with Crippen LogP contribution in [-0.4, -0.2) is 34.0 Å². The van der Waals surface area contributed by atoms with Crippen molar-refractivity contribution in [2.45, 2.75) is 32.9 Å². The van der Waals surface area contributed by atoms with E-state index in [1.165, 1.54) is 5.56 Å². The highest BCUT2D eigenvalue weighted by atomic mass is 35.5. The summed E-state index contributed by atoms with van der Waals surface area (Å²) in [5.41, 5.74) is 3.19. The molecule has 0 atom stereocenters. The van der Waals surface area contributed by atoms with E-state index in [4.69, 9.17) is 16.1 Å². The van der Waals surface area contributed by atoms with Gasteiger partial charge in [-0.3, -0.25) is 9.69 Å². The maximum Gasteiger partial charge on any atom is 0.241 e. The van der Waals surface area contributed by atoms with Crippen molar-refractivity contribution >= 4 is 17.5 Å². The smallest absolute Gasteiger partial charge is 0.241 e. The number of carbonyl (C=O) groups is 1. The predicted octanol–water partition coefficient (Wildman–Crippen LogP) is 4.23. The van der Waals surface area contributed by atoms with Gasteiger partial charge in [0.25, 0.3) is 0 Å². The predicted molar refractivity (Wildman–Crippen MR) is 116 cm³/mol. The van der Waals surface area contributed by atoms with Gasteiger partial charge in [0, 0.05) is 23.0 Å². The largest absolute Gasteiger partial charge is 0.352 e. The van der Waals surface area contributed by atoms with Crippen molar-refractivity contribution < 1.29 is 9.32 Å². The Hall–Kier alpha value is -2.70. The van der Waals surface area contributed by atoms with Crippen molar-refractivity contribution in [3.8, 4) is 11.4 Å². The maximum absolute atomic E-state index is 12.5. The van der Waals surface area contributed by atoms with Crippen LogP contribution >= 0.6 is 11.6 Å². The fourth-order valence-corrected chi connectivity index (χ4v) is 3.75. The summed E-state index contributed by atoms with van der Waals surface area (Å²) in [5.74, 6) is 1.38. The number of likely N-dealkylation sites (tertiary alicyclic amines) is 1. The lowest BCUT2D eigenvalue weighted by Crippen LogP contribution is -2.40. The minimum Gasteiger partial charge on any atom is -0.352 e. The molecule has 0 spiro atoms. The summed E-state index contributed by atoms with van der Waals surface area (Å²) in [5, 5.41) is 7.83. The monoisotopic (exact) mass is 424 g/mol. The molecule has 7 heteroatoms. The number of hydrogen-bond acceptors (Lipinski definition) is 5. The summed E-state index contributed by atoms with van der Waals surface area (Å²) in [7, 11) is 0. The van der Waals surface area contributed by atoms with Crippen LogP contribution in [0.3, 0.4) is 0 Å². The average Bonchev–Trinajstić information content (AvgIpc) is 3.22. The lowest BCUT2D eigenvalue weighted by molar-refractivity contribution is -0.126. The third kappa shape index (κ3) is 5.26. The molecule has 2 heterocycles. The Labute approximate surface area is 181 Å². The van der Waals surface area contributed by atoms with E-state index in [-0.39, 0.29) is 11.8 Å². The SMILES string of the molecule is Cc1ccc(-c2noc(CN3CCC(C(=O)NCc4ccc(Cl)cc4)CC3)n2)cc1. The van der Waals surface area contributed by atoms with Gasteiger partial charge in [-0.25, -0.2) is 0 Å². The molecule has 6 nitrogen and oxygen atoms in total. The van der Waals surface area contributed by atoms with E-state index in [0.717, 1.165) is 37.1 Å². The molecule has 0 aliphatic carbocycles. The van der Waals surface area contributed by atoms with Gasteiger partial charge >= 0.3 is 0 Å². The van der Waals surface area contributed by atoms with E-state index < -0.39 is 0 Å². The number of amides is 1. The Morgan fingerprint density at radius 1 is 1.13 bits per heavy atom. The second-order valence-electron chi connectivity index (χ2n) is 7.77. The first-order valence-corrected chi connectivity index (χ1v) is 10.6. The zero-order valence-corrected chi connectivity index (χ0v) is 17.7. The van der Waals surface area contributed by atoms with Crippen molar-refractivity contribution in [3.05, 3.63) is 70.6 Å². The number of nitrogens with zero attached hydrogens (tertiary/aromatic N) is 3. The zero-order chi connectivity index (χ0) is 20.9. The number of piperidine rings is 1. The third-order valence-corrected chi connectivity index (χ3v) is 5.73. The first kappa shape index (κ1) is 20.6. The van der Waals surface area contributed by atoms with Crippen molar-refractivity contribution in [2.75, 3.05) is 13.1 Å². The fraction of sp³-hybridized carbons (Fsp3) is 0.348. The van der Waals surface area contributed by atoms with E-state index >= 15 is 0 Å². The van der Waals surface area contributed by atoms with Crippen LogP contribution in [0, 0.1) is 12.8 Å². The van der Waals surface area contributed by atoms with Crippen LogP contribution in [0.25, 0.3) is 11.4 Å².